The third-order valence-corrected chi connectivity index (χ3v) is 10.8. The average Bonchev–Trinajstić information content (AvgIpc) is 2.88. The highest BCUT2D eigenvalue weighted by Crippen LogP contribution is 2.41. The highest BCUT2D eigenvalue weighted by molar-refractivity contribution is 7.99. The van der Waals surface area contributed by atoms with Crippen molar-refractivity contribution in [3.63, 3.8) is 0 Å². The van der Waals surface area contributed by atoms with Crippen molar-refractivity contribution < 1.29 is 17.9 Å². The molecule has 0 radical (unpaired) electrons. The third kappa shape index (κ3) is 6.76. The van der Waals surface area contributed by atoms with Crippen LogP contribution in [-0.2, 0) is 23.1 Å². The topological polar surface area (TPSA) is 75.7 Å². The van der Waals surface area contributed by atoms with Gasteiger partial charge >= 0.3 is 0 Å². The van der Waals surface area contributed by atoms with E-state index in [9.17, 15) is 13.2 Å². The molecule has 3 aliphatic rings. The van der Waals surface area contributed by atoms with Gasteiger partial charge in [-0.25, -0.2) is 13.1 Å². The molecule has 6 nitrogen and oxygen atoms in total. The quantitative estimate of drug-likeness (QED) is 0.436. The number of nitrogens with one attached hydrogen (secondary N) is 1. The van der Waals surface area contributed by atoms with E-state index in [0.29, 0.717) is 35.5 Å². The van der Waals surface area contributed by atoms with E-state index < -0.39 is 15.9 Å². The summed E-state index contributed by atoms with van der Waals surface area (Å²) in [5.41, 5.74) is 3.53. The molecule has 200 valence electrons. The number of amides is 1. The van der Waals surface area contributed by atoms with Crippen molar-refractivity contribution >= 4 is 45.0 Å². The van der Waals surface area contributed by atoms with E-state index in [0.717, 1.165) is 67.2 Å². The number of benzene rings is 2. The predicted molar refractivity (Wildman–Crippen MR) is 151 cm³/mol. The minimum Gasteiger partial charge on any atom is -0.487 e. The van der Waals surface area contributed by atoms with Crippen LogP contribution in [-0.4, -0.2) is 44.2 Å². The number of ether oxygens (including phenoxy) is 1. The zero-order valence-corrected chi connectivity index (χ0v) is 23.5. The van der Waals surface area contributed by atoms with Crippen LogP contribution in [0.1, 0.15) is 66.4 Å². The number of sulfonamides is 1. The summed E-state index contributed by atoms with van der Waals surface area (Å²) in [7, 11) is -3.68. The largest absolute Gasteiger partial charge is 0.487 e. The Balaban J connectivity index is 1.49. The number of hydrogen-bond donors (Lipinski definition) is 1. The van der Waals surface area contributed by atoms with Crippen LogP contribution in [0.15, 0.2) is 36.4 Å². The molecule has 2 aromatic carbocycles. The highest BCUT2D eigenvalue weighted by Gasteiger charge is 2.33. The van der Waals surface area contributed by atoms with Crippen molar-refractivity contribution in [2.75, 3.05) is 29.5 Å². The van der Waals surface area contributed by atoms with Gasteiger partial charge in [0.05, 0.1) is 11.4 Å². The number of aryl methyl sites for hydroxylation is 1. The first kappa shape index (κ1) is 26.7. The van der Waals surface area contributed by atoms with Crippen LogP contribution >= 0.6 is 23.4 Å². The van der Waals surface area contributed by atoms with Crippen molar-refractivity contribution in [1.29, 1.82) is 0 Å². The summed E-state index contributed by atoms with van der Waals surface area (Å²) in [4.78, 5) is 15.4. The molecule has 2 aliphatic heterocycles. The minimum atomic E-state index is -3.68. The maximum atomic E-state index is 13.0. The normalized spacial score (nSPS) is 24.8. The van der Waals surface area contributed by atoms with E-state index >= 15 is 0 Å². The van der Waals surface area contributed by atoms with Crippen LogP contribution in [0.5, 0.6) is 5.75 Å². The van der Waals surface area contributed by atoms with Crippen LogP contribution in [0.4, 0.5) is 5.69 Å². The summed E-state index contributed by atoms with van der Waals surface area (Å²) in [6.45, 7) is 2.18. The van der Waals surface area contributed by atoms with Gasteiger partial charge in [0.25, 0.3) is 5.91 Å². The van der Waals surface area contributed by atoms with Gasteiger partial charge in [-0.3, -0.25) is 4.79 Å². The van der Waals surface area contributed by atoms with Gasteiger partial charge in [0.15, 0.2) is 0 Å². The number of rotatable bonds is 0. The molecule has 9 heteroatoms. The van der Waals surface area contributed by atoms with Crippen LogP contribution in [0, 0.1) is 5.92 Å². The molecule has 2 atom stereocenters. The smallest absolute Gasteiger partial charge is 0.264 e. The van der Waals surface area contributed by atoms with Gasteiger partial charge in [-0.05, 0) is 98.1 Å². The van der Waals surface area contributed by atoms with Crippen molar-refractivity contribution in [3.05, 3.63) is 58.1 Å². The Morgan fingerprint density at radius 2 is 1.89 bits per heavy atom. The molecule has 0 saturated heterocycles. The SMILES string of the molecule is O=C1NS(=O)(=O)CCCCCS[C@H]2CC[C@@H]2CN2CCCCc3cc(Cl)ccc3COc3ccc1cc32. The Morgan fingerprint density at radius 1 is 1.00 bits per heavy atom. The molecule has 1 aliphatic carbocycles. The number of thioether (sulfide) groups is 1. The van der Waals surface area contributed by atoms with Crippen LogP contribution in [0.3, 0.4) is 0 Å². The first-order valence-corrected chi connectivity index (χ1v) is 16.4. The standard InChI is InChI=1S/C28H35ClN2O4S2/c29-24-10-7-23-19-35-26-11-8-21-17-25(26)31(13-3-2-6-20(23)16-24)18-22-9-12-27(22)36-14-4-1-5-15-37(33,34)30-28(21)32/h7-8,10-11,16-17,22,27H,1-6,9,12-15,18-19H2,(H,30,32)/t22-,27+/m1/s1. The summed E-state index contributed by atoms with van der Waals surface area (Å²) in [6, 6.07) is 11.2. The Labute approximate surface area is 229 Å². The van der Waals surface area contributed by atoms with Gasteiger partial charge < -0.3 is 9.64 Å². The lowest BCUT2D eigenvalue weighted by Crippen LogP contribution is -2.41. The number of carbonyl (C=O) groups is 1. The molecule has 2 aromatic rings. The fraction of sp³-hybridized carbons (Fsp3) is 0.536. The molecule has 1 saturated carbocycles. The summed E-state index contributed by atoms with van der Waals surface area (Å²) < 4.78 is 33.8. The number of hydrogen-bond acceptors (Lipinski definition) is 6. The van der Waals surface area contributed by atoms with E-state index in [-0.39, 0.29) is 5.75 Å². The van der Waals surface area contributed by atoms with Gasteiger partial charge in [-0.2, -0.15) is 11.8 Å². The maximum absolute atomic E-state index is 13.0. The second kappa shape index (κ2) is 11.9. The zero-order chi connectivity index (χ0) is 25.8. The van der Waals surface area contributed by atoms with Gasteiger partial charge in [0.1, 0.15) is 12.4 Å². The molecule has 0 unspecified atom stereocenters. The van der Waals surface area contributed by atoms with E-state index in [1.54, 1.807) is 6.07 Å². The zero-order valence-electron chi connectivity index (χ0n) is 21.1. The molecule has 1 amide bonds. The lowest BCUT2D eigenvalue weighted by molar-refractivity contribution is 0.0981. The van der Waals surface area contributed by atoms with Crippen LogP contribution < -0.4 is 14.4 Å². The van der Waals surface area contributed by atoms with Gasteiger partial charge in [0.2, 0.25) is 10.0 Å². The second-order valence-corrected chi connectivity index (χ2v) is 14.0. The van der Waals surface area contributed by atoms with Crippen LogP contribution in [0.25, 0.3) is 0 Å². The summed E-state index contributed by atoms with van der Waals surface area (Å²) in [5.74, 6) is 1.76. The highest BCUT2D eigenvalue weighted by atomic mass is 35.5. The van der Waals surface area contributed by atoms with E-state index in [1.165, 1.54) is 18.4 Å². The maximum Gasteiger partial charge on any atom is 0.264 e. The van der Waals surface area contributed by atoms with E-state index in [4.69, 9.17) is 16.3 Å². The number of anilines is 1. The molecular formula is C28H35ClN2O4S2. The molecular weight excluding hydrogens is 528 g/mol. The Hall–Kier alpha value is -1.90. The fourth-order valence-corrected chi connectivity index (χ4v) is 8.14. The molecule has 37 heavy (non-hydrogen) atoms. The third-order valence-electron chi connectivity index (χ3n) is 7.68. The van der Waals surface area contributed by atoms with Crippen molar-refractivity contribution in [1.82, 2.24) is 4.72 Å². The van der Waals surface area contributed by atoms with E-state index in [1.807, 2.05) is 42.1 Å². The second-order valence-electron chi connectivity index (χ2n) is 10.3. The van der Waals surface area contributed by atoms with E-state index in [2.05, 4.69) is 9.62 Å². The molecule has 2 heterocycles. The monoisotopic (exact) mass is 562 g/mol. The Morgan fingerprint density at radius 3 is 2.73 bits per heavy atom. The first-order chi connectivity index (χ1) is 17.9. The lowest BCUT2D eigenvalue weighted by Gasteiger charge is -2.41. The molecule has 0 aromatic heterocycles. The Bertz CT molecular complexity index is 1240. The van der Waals surface area contributed by atoms with Gasteiger partial charge in [-0.15, -0.1) is 0 Å². The van der Waals surface area contributed by atoms with Gasteiger partial charge in [-0.1, -0.05) is 24.1 Å². The summed E-state index contributed by atoms with van der Waals surface area (Å²) in [5, 5.41) is 1.37. The fourth-order valence-electron chi connectivity index (χ4n) is 5.39. The molecule has 0 spiro atoms. The first-order valence-electron chi connectivity index (χ1n) is 13.3. The van der Waals surface area contributed by atoms with Crippen molar-refractivity contribution in [2.45, 2.75) is 63.2 Å². The number of carbonyl (C=O) groups excluding carboxylic acids is 1. The minimum absolute atomic E-state index is 0.0287. The molecule has 5 rings (SSSR count). The summed E-state index contributed by atoms with van der Waals surface area (Å²) in [6.07, 6.45) is 7.85. The van der Waals surface area contributed by atoms with Crippen molar-refractivity contribution in [2.24, 2.45) is 5.92 Å². The summed E-state index contributed by atoms with van der Waals surface area (Å²) >= 11 is 8.33. The molecule has 1 fully saturated rings. The Kier molecular flexibility index (Phi) is 8.57. The molecule has 2 bridgehead atoms. The van der Waals surface area contributed by atoms with Crippen LogP contribution in [0.2, 0.25) is 5.02 Å². The predicted octanol–water partition coefficient (Wildman–Crippen LogP) is 5.82. The van der Waals surface area contributed by atoms with Crippen molar-refractivity contribution in [3.8, 4) is 5.75 Å². The number of fused-ring (bicyclic) bond motifs is 3. The lowest BCUT2D eigenvalue weighted by atomic mass is 9.84. The molecule has 1 N–H and O–H groups in total. The number of nitrogens with zero attached hydrogens (tertiary/aromatic N) is 1. The van der Waals surface area contributed by atoms with Gasteiger partial charge in [0, 0.05) is 28.9 Å². The number of halogens is 1. The average molecular weight is 563 g/mol.